The third kappa shape index (κ3) is 3.52. The van der Waals surface area contributed by atoms with Crippen molar-refractivity contribution in [2.75, 3.05) is 10.0 Å². The Morgan fingerprint density at radius 3 is 2.28 bits per heavy atom. The second kappa shape index (κ2) is 7.80. The molecule has 0 aliphatic heterocycles. The average molecular weight is 443 g/mol. The first kappa shape index (κ1) is 20.3. The summed E-state index contributed by atoms with van der Waals surface area (Å²) in [6.07, 6.45) is 2.04. The number of sulfonamides is 1. The Hall–Kier alpha value is -3.64. The van der Waals surface area contributed by atoms with Crippen LogP contribution in [-0.4, -0.2) is 14.3 Å². The van der Waals surface area contributed by atoms with Crippen LogP contribution in [0.25, 0.3) is 10.8 Å². The summed E-state index contributed by atoms with van der Waals surface area (Å²) in [5.74, 6) is -0.276. The van der Waals surface area contributed by atoms with Crippen LogP contribution in [0.3, 0.4) is 0 Å². The molecule has 1 amide bonds. The van der Waals surface area contributed by atoms with Gasteiger partial charge in [0.05, 0.1) is 10.6 Å². The summed E-state index contributed by atoms with van der Waals surface area (Å²) in [5.41, 5.74) is 4.73. The van der Waals surface area contributed by atoms with E-state index in [2.05, 4.69) is 22.2 Å². The number of rotatable bonds is 5. The van der Waals surface area contributed by atoms with Gasteiger partial charge in [-0.05, 0) is 72.2 Å². The molecule has 0 fully saturated rings. The summed E-state index contributed by atoms with van der Waals surface area (Å²) in [4.78, 5) is 13.3. The van der Waals surface area contributed by atoms with Crippen LogP contribution >= 0.6 is 0 Å². The van der Waals surface area contributed by atoms with E-state index in [1.165, 1.54) is 28.6 Å². The zero-order chi connectivity index (χ0) is 22.3. The summed E-state index contributed by atoms with van der Waals surface area (Å²) < 4.78 is 28.1. The molecule has 0 heterocycles. The Bertz CT molecular complexity index is 1450. The van der Waals surface area contributed by atoms with Gasteiger partial charge >= 0.3 is 0 Å². The molecule has 5 nitrogen and oxygen atoms in total. The van der Waals surface area contributed by atoms with E-state index < -0.39 is 10.0 Å². The molecule has 0 aromatic heterocycles. The lowest BCUT2D eigenvalue weighted by atomic mass is 10.0. The van der Waals surface area contributed by atoms with Crippen LogP contribution in [-0.2, 0) is 22.9 Å². The first-order chi connectivity index (χ1) is 15.4. The molecule has 0 saturated heterocycles. The van der Waals surface area contributed by atoms with Crippen molar-refractivity contribution in [2.45, 2.75) is 24.7 Å². The molecule has 4 aromatic rings. The third-order valence-electron chi connectivity index (χ3n) is 6.00. The maximum absolute atomic E-state index is 13.2. The standard InChI is InChI=1S/C26H22N2O3S/c1-17-21(10-6-12-23(17)28-32(30,31)20-8-3-2-4-9-20)26(29)27-24-16-15-19-14-13-18-7-5-11-22(24)25(18)19/h2-12,15-16,28H,13-14H2,1H3,(H,27,29). The van der Waals surface area contributed by atoms with Crippen LogP contribution in [0.2, 0.25) is 0 Å². The van der Waals surface area contributed by atoms with Crippen LogP contribution in [0.4, 0.5) is 11.4 Å². The van der Waals surface area contributed by atoms with Gasteiger partial charge in [0, 0.05) is 16.6 Å². The summed E-state index contributed by atoms with van der Waals surface area (Å²) in [6, 6.07) is 23.4. The Morgan fingerprint density at radius 1 is 0.781 bits per heavy atom. The van der Waals surface area contributed by atoms with Gasteiger partial charge in [-0.25, -0.2) is 8.42 Å². The van der Waals surface area contributed by atoms with E-state index in [9.17, 15) is 13.2 Å². The number of aryl methyl sites for hydroxylation is 2. The van der Waals surface area contributed by atoms with Crippen LogP contribution < -0.4 is 10.0 Å². The smallest absolute Gasteiger partial charge is 0.261 e. The van der Waals surface area contributed by atoms with Gasteiger partial charge in [0.15, 0.2) is 0 Å². The first-order valence-electron chi connectivity index (χ1n) is 10.5. The minimum Gasteiger partial charge on any atom is -0.321 e. The predicted molar refractivity (Wildman–Crippen MR) is 128 cm³/mol. The summed E-state index contributed by atoms with van der Waals surface area (Å²) >= 11 is 0. The largest absolute Gasteiger partial charge is 0.321 e. The van der Waals surface area contributed by atoms with Gasteiger partial charge in [-0.2, -0.15) is 0 Å². The molecular formula is C26H22N2O3S. The molecule has 0 saturated carbocycles. The molecule has 0 spiro atoms. The van der Waals surface area contributed by atoms with E-state index in [1.807, 2.05) is 18.2 Å². The molecule has 6 heteroatoms. The third-order valence-corrected chi connectivity index (χ3v) is 7.38. The second-order valence-electron chi connectivity index (χ2n) is 7.96. The second-order valence-corrected chi connectivity index (χ2v) is 9.65. The van der Waals surface area contributed by atoms with Gasteiger partial charge in [0.25, 0.3) is 15.9 Å². The van der Waals surface area contributed by atoms with Gasteiger partial charge in [-0.1, -0.05) is 48.5 Å². The Balaban J connectivity index is 1.46. The number of nitrogens with one attached hydrogen (secondary N) is 2. The predicted octanol–water partition coefficient (Wildman–Crippen LogP) is 5.30. The lowest BCUT2D eigenvalue weighted by Gasteiger charge is -2.15. The highest BCUT2D eigenvalue weighted by molar-refractivity contribution is 7.92. The van der Waals surface area contributed by atoms with E-state index in [-0.39, 0.29) is 10.8 Å². The van der Waals surface area contributed by atoms with Crippen LogP contribution in [0.5, 0.6) is 0 Å². The summed E-state index contributed by atoms with van der Waals surface area (Å²) in [7, 11) is -3.75. The number of benzene rings is 4. The molecular weight excluding hydrogens is 420 g/mol. The SMILES string of the molecule is Cc1c(NS(=O)(=O)c2ccccc2)cccc1C(=O)Nc1ccc2c3c(cccc13)CC2. The van der Waals surface area contributed by atoms with Crippen LogP contribution in [0, 0.1) is 6.92 Å². The number of amides is 1. The van der Waals surface area contributed by atoms with E-state index >= 15 is 0 Å². The van der Waals surface area contributed by atoms with Crippen molar-refractivity contribution in [2.24, 2.45) is 0 Å². The molecule has 0 unspecified atom stereocenters. The van der Waals surface area contributed by atoms with Crippen molar-refractivity contribution in [1.29, 1.82) is 0 Å². The molecule has 0 atom stereocenters. The zero-order valence-electron chi connectivity index (χ0n) is 17.6. The highest BCUT2D eigenvalue weighted by atomic mass is 32.2. The lowest BCUT2D eigenvalue weighted by molar-refractivity contribution is 0.102. The average Bonchev–Trinajstić information content (AvgIpc) is 3.22. The number of hydrogen-bond acceptors (Lipinski definition) is 3. The van der Waals surface area contributed by atoms with E-state index in [1.54, 1.807) is 43.3 Å². The quantitative estimate of drug-likeness (QED) is 0.440. The van der Waals surface area contributed by atoms with Gasteiger partial charge in [0.2, 0.25) is 0 Å². The topological polar surface area (TPSA) is 75.3 Å². The van der Waals surface area contributed by atoms with Crippen molar-refractivity contribution >= 4 is 38.1 Å². The monoisotopic (exact) mass is 442 g/mol. The number of carbonyl (C=O) groups excluding carboxylic acids is 1. The molecule has 2 N–H and O–H groups in total. The fourth-order valence-corrected chi connectivity index (χ4v) is 5.48. The Labute approximate surface area is 187 Å². The number of hydrogen-bond donors (Lipinski definition) is 2. The van der Waals surface area contributed by atoms with Crippen molar-refractivity contribution in [3.8, 4) is 0 Å². The van der Waals surface area contributed by atoms with E-state index in [4.69, 9.17) is 0 Å². The van der Waals surface area contributed by atoms with E-state index in [0.717, 1.165) is 23.9 Å². The molecule has 32 heavy (non-hydrogen) atoms. The van der Waals surface area contributed by atoms with Crippen molar-refractivity contribution in [3.05, 3.63) is 101 Å². The normalized spacial score (nSPS) is 12.7. The fraction of sp³-hybridized carbons (Fsp3) is 0.115. The van der Waals surface area contributed by atoms with Crippen LogP contribution in [0.15, 0.2) is 83.8 Å². The number of anilines is 2. The molecule has 4 aromatic carbocycles. The highest BCUT2D eigenvalue weighted by Gasteiger charge is 2.20. The zero-order valence-corrected chi connectivity index (χ0v) is 18.4. The van der Waals surface area contributed by atoms with Crippen LogP contribution in [0.1, 0.15) is 27.0 Å². The summed E-state index contributed by atoms with van der Waals surface area (Å²) in [5, 5.41) is 5.29. The lowest BCUT2D eigenvalue weighted by Crippen LogP contribution is -2.17. The molecule has 1 aliphatic rings. The van der Waals surface area contributed by atoms with Gasteiger partial charge < -0.3 is 5.32 Å². The molecule has 0 bridgehead atoms. The Kier molecular flexibility index (Phi) is 4.94. The maximum atomic E-state index is 13.2. The van der Waals surface area contributed by atoms with Gasteiger partial charge in [-0.15, -0.1) is 0 Å². The maximum Gasteiger partial charge on any atom is 0.261 e. The minimum atomic E-state index is -3.75. The fourth-order valence-electron chi connectivity index (χ4n) is 4.34. The number of carbonyl (C=O) groups is 1. The highest BCUT2D eigenvalue weighted by Crippen LogP contribution is 2.35. The molecule has 1 aliphatic carbocycles. The van der Waals surface area contributed by atoms with Gasteiger partial charge in [0.1, 0.15) is 0 Å². The van der Waals surface area contributed by atoms with Crippen molar-refractivity contribution in [3.63, 3.8) is 0 Å². The summed E-state index contributed by atoms with van der Waals surface area (Å²) in [6.45, 7) is 1.74. The Morgan fingerprint density at radius 2 is 1.50 bits per heavy atom. The minimum absolute atomic E-state index is 0.169. The first-order valence-corrected chi connectivity index (χ1v) is 11.9. The molecule has 5 rings (SSSR count). The van der Waals surface area contributed by atoms with Crippen molar-refractivity contribution in [1.82, 2.24) is 0 Å². The van der Waals surface area contributed by atoms with Gasteiger partial charge in [-0.3, -0.25) is 9.52 Å². The molecule has 160 valence electrons. The molecule has 0 radical (unpaired) electrons. The van der Waals surface area contributed by atoms with Crippen molar-refractivity contribution < 1.29 is 13.2 Å². The van der Waals surface area contributed by atoms with E-state index in [0.29, 0.717) is 16.8 Å².